The Labute approximate surface area is 280 Å². The van der Waals surface area contributed by atoms with Crippen LogP contribution < -0.4 is 15.4 Å². The molecule has 2 aromatic rings. The fraction of sp³-hybridized carbons (Fsp3) is 0.400. The van der Waals surface area contributed by atoms with E-state index in [4.69, 9.17) is 35.3 Å². The maximum absolute atomic E-state index is 13.1. The van der Waals surface area contributed by atoms with Crippen molar-refractivity contribution in [2.75, 3.05) is 13.2 Å². The fourth-order valence-electron chi connectivity index (χ4n) is 4.57. The third-order valence-electron chi connectivity index (χ3n) is 6.53. The number of benzene rings is 2. The van der Waals surface area contributed by atoms with Crippen LogP contribution in [-0.4, -0.2) is 88.0 Å². The summed E-state index contributed by atoms with van der Waals surface area (Å²) in [5.41, 5.74) is 1.06. The smallest absolute Gasteiger partial charge is 0.329 e. The Hall–Kier alpha value is -4.74. The Morgan fingerprint density at radius 3 is 2.04 bits per heavy atom. The standard InChI is InChI=1S/C30H34ClN3O13S/c1-16(35)43-15-24-26(44-17(2)36)27(45-18(3)37)25(29(47-24)46-19(4)38)33-30(40)34-48(41,42)23-10-8-20(9-11-23)12-13-32-28(39)21-6-5-7-22(31)14-21/h5-11,14,24-27,29H,12-13,15H2,1-4H3,(H,32,39)(H2,33,34,40). The molecule has 0 aromatic heterocycles. The quantitative estimate of drug-likeness (QED) is 0.210. The van der Waals surface area contributed by atoms with Gasteiger partial charge in [0, 0.05) is 44.8 Å². The Kier molecular flexibility index (Phi) is 13.3. The van der Waals surface area contributed by atoms with Crippen molar-refractivity contribution in [2.45, 2.75) is 69.7 Å². The molecule has 1 saturated heterocycles. The molecule has 18 heteroatoms. The molecule has 0 radical (unpaired) electrons. The van der Waals surface area contributed by atoms with Crippen LogP contribution in [0.5, 0.6) is 0 Å². The molecule has 5 unspecified atom stereocenters. The Bertz CT molecular complexity index is 1630. The molecule has 260 valence electrons. The van der Waals surface area contributed by atoms with Crippen molar-refractivity contribution < 1.29 is 60.9 Å². The van der Waals surface area contributed by atoms with Crippen molar-refractivity contribution in [3.63, 3.8) is 0 Å². The lowest BCUT2D eigenvalue weighted by Crippen LogP contribution is -2.67. The zero-order valence-corrected chi connectivity index (χ0v) is 27.8. The lowest BCUT2D eigenvalue weighted by Gasteiger charge is -2.44. The minimum atomic E-state index is -4.49. The van der Waals surface area contributed by atoms with Gasteiger partial charge in [0.05, 0.1) is 4.90 Å². The highest BCUT2D eigenvalue weighted by Gasteiger charge is 2.52. The van der Waals surface area contributed by atoms with E-state index < -0.39 is 77.2 Å². The molecule has 1 heterocycles. The zero-order chi connectivity index (χ0) is 35.6. The monoisotopic (exact) mass is 711 g/mol. The Morgan fingerprint density at radius 2 is 1.46 bits per heavy atom. The number of amides is 3. The first-order valence-electron chi connectivity index (χ1n) is 14.3. The fourth-order valence-corrected chi connectivity index (χ4v) is 5.67. The molecule has 2 aromatic carbocycles. The maximum Gasteiger partial charge on any atom is 0.329 e. The minimum absolute atomic E-state index is 0.241. The number of esters is 4. The number of urea groups is 1. The van der Waals surface area contributed by atoms with E-state index >= 15 is 0 Å². The van der Waals surface area contributed by atoms with Crippen LogP contribution in [0.15, 0.2) is 53.4 Å². The second kappa shape index (κ2) is 16.9. The summed E-state index contributed by atoms with van der Waals surface area (Å²) in [6, 6.07) is 8.94. The predicted molar refractivity (Wildman–Crippen MR) is 165 cm³/mol. The molecular weight excluding hydrogens is 678 g/mol. The third-order valence-corrected chi connectivity index (χ3v) is 8.11. The van der Waals surface area contributed by atoms with E-state index in [1.54, 1.807) is 18.2 Å². The van der Waals surface area contributed by atoms with E-state index in [1.165, 1.54) is 30.3 Å². The number of ether oxygens (including phenoxy) is 5. The molecule has 5 atom stereocenters. The number of sulfonamides is 1. The van der Waals surface area contributed by atoms with E-state index in [-0.39, 0.29) is 17.3 Å². The average Bonchev–Trinajstić information content (AvgIpc) is 2.98. The normalized spacial score (nSPS) is 20.4. The van der Waals surface area contributed by atoms with Gasteiger partial charge in [-0.05, 0) is 42.3 Å². The van der Waals surface area contributed by atoms with Crippen LogP contribution >= 0.6 is 11.6 Å². The number of carbonyl (C=O) groups excluding carboxylic acids is 6. The van der Waals surface area contributed by atoms with Crippen LogP contribution in [0.2, 0.25) is 5.02 Å². The number of rotatable bonds is 12. The topological polar surface area (TPSA) is 219 Å². The van der Waals surface area contributed by atoms with Gasteiger partial charge in [-0.25, -0.2) is 17.9 Å². The van der Waals surface area contributed by atoms with Gasteiger partial charge in [0.2, 0.25) is 6.29 Å². The lowest BCUT2D eigenvalue weighted by atomic mass is 9.96. The molecule has 1 fully saturated rings. The molecule has 3 rings (SSSR count). The van der Waals surface area contributed by atoms with Crippen LogP contribution in [0.3, 0.4) is 0 Å². The highest BCUT2D eigenvalue weighted by atomic mass is 35.5. The number of nitrogens with one attached hydrogen (secondary N) is 3. The summed E-state index contributed by atoms with van der Waals surface area (Å²) in [5, 5.41) is 5.41. The van der Waals surface area contributed by atoms with Crippen molar-refractivity contribution in [2.24, 2.45) is 0 Å². The van der Waals surface area contributed by atoms with Gasteiger partial charge in [0.25, 0.3) is 15.9 Å². The molecule has 0 saturated carbocycles. The molecule has 48 heavy (non-hydrogen) atoms. The summed E-state index contributed by atoms with van der Waals surface area (Å²) in [7, 11) is -4.49. The van der Waals surface area contributed by atoms with E-state index in [2.05, 4.69) is 10.6 Å². The largest absolute Gasteiger partial charge is 0.463 e. The Balaban J connectivity index is 1.73. The molecule has 1 aliphatic heterocycles. The first-order valence-corrected chi connectivity index (χ1v) is 16.2. The molecular formula is C30H34ClN3O13S. The summed E-state index contributed by atoms with van der Waals surface area (Å²) < 4.78 is 54.3. The summed E-state index contributed by atoms with van der Waals surface area (Å²) in [6.45, 7) is 3.88. The van der Waals surface area contributed by atoms with E-state index in [0.717, 1.165) is 27.7 Å². The van der Waals surface area contributed by atoms with Crippen LogP contribution in [0.4, 0.5) is 4.79 Å². The summed E-state index contributed by atoms with van der Waals surface area (Å²) in [5.74, 6) is -3.73. The maximum atomic E-state index is 13.1. The van der Waals surface area contributed by atoms with Crippen molar-refractivity contribution in [1.82, 2.24) is 15.4 Å². The van der Waals surface area contributed by atoms with Gasteiger partial charge in [0.1, 0.15) is 18.8 Å². The van der Waals surface area contributed by atoms with Crippen molar-refractivity contribution >= 4 is 57.4 Å². The summed E-state index contributed by atoms with van der Waals surface area (Å²) >= 11 is 5.92. The Morgan fingerprint density at radius 1 is 0.833 bits per heavy atom. The molecule has 3 amide bonds. The van der Waals surface area contributed by atoms with Crippen LogP contribution in [-0.2, 0) is 59.3 Å². The first kappa shape index (κ1) is 37.7. The molecule has 0 spiro atoms. The highest BCUT2D eigenvalue weighted by Crippen LogP contribution is 2.28. The van der Waals surface area contributed by atoms with Crippen molar-refractivity contribution in [3.8, 4) is 0 Å². The van der Waals surface area contributed by atoms with E-state index in [1.807, 2.05) is 4.72 Å². The highest BCUT2D eigenvalue weighted by molar-refractivity contribution is 7.90. The minimum Gasteiger partial charge on any atom is -0.463 e. The molecule has 0 bridgehead atoms. The number of carbonyl (C=O) groups is 6. The van der Waals surface area contributed by atoms with Gasteiger partial charge >= 0.3 is 29.9 Å². The first-order chi connectivity index (χ1) is 22.5. The van der Waals surface area contributed by atoms with Gasteiger partial charge in [-0.1, -0.05) is 29.8 Å². The number of hydrogen-bond acceptors (Lipinski definition) is 13. The average molecular weight is 712 g/mol. The number of halogens is 1. The van der Waals surface area contributed by atoms with Crippen molar-refractivity contribution in [3.05, 3.63) is 64.7 Å². The molecule has 1 aliphatic rings. The van der Waals surface area contributed by atoms with Gasteiger partial charge < -0.3 is 34.3 Å². The SMILES string of the molecule is CC(=O)OCC1OC(OC(C)=O)C(NC(=O)NS(=O)(=O)c2ccc(CCNC(=O)c3cccc(Cl)c3)cc2)C(OC(C)=O)C1OC(C)=O. The van der Waals surface area contributed by atoms with Crippen LogP contribution in [0.25, 0.3) is 0 Å². The number of hydrogen-bond donors (Lipinski definition) is 3. The van der Waals surface area contributed by atoms with Crippen LogP contribution in [0.1, 0.15) is 43.6 Å². The summed E-state index contributed by atoms with van der Waals surface area (Å²) in [6.07, 6.45) is -5.79. The van der Waals surface area contributed by atoms with Gasteiger partial charge in [-0.2, -0.15) is 0 Å². The predicted octanol–water partition coefficient (Wildman–Crippen LogP) is 1.38. The zero-order valence-electron chi connectivity index (χ0n) is 26.2. The van der Waals surface area contributed by atoms with Gasteiger partial charge in [0.15, 0.2) is 12.2 Å². The van der Waals surface area contributed by atoms with E-state index in [0.29, 0.717) is 22.6 Å². The van der Waals surface area contributed by atoms with E-state index in [9.17, 15) is 37.2 Å². The molecule has 0 aliphatic carbocycles. The van der Waals surface area contributed by atoms with Gasteiger partial charge in [-0.3, -0.25) is 24.0 Å². The lowest BCUT2D eigenvalue weighted by molar-refractivity contribution is -0.270. The van der Waals surface area contributed by atoms with Crippen LogP contribution in [0, 0.1) is 0 Å². The van der Waals surface area contributed by atoms with Crippen molar-refractivity contribution in [1.29, 1.82) is 0 Å². The summed E-state index contributed by atoms with van der Waals surface area (Å²) in [4.78, 5) is 72.4. The molecule has 3 N–H and O–H groups in total. The molecule has 16 nitrogen and oxygen atoms in total. The van der Waals surface area contributed by atoms with Gasteiger partial charge in [-0.15, -0.1) is 0 Å². The second-order valence-corrected chi connectivity index (χ2v) is 12.5. The third kappa shape index (κ3) is 11.2. The second-order valence-electron chi connectivity index (χ2n) is 10.4.